The van der Waals surface area contributed by atoms with E-state index in [0.29, 0.717) is 48.2 Å². The molecule has 2 heterocycles. The molecule has 0 atom stereocenters. The molecule has 3 rings (SSSR count). The molecule has 0 spiro atoms. The van der Waals surface area contributed by atoms with Gasteiger partial charge in [0.1, 0.15) is 11.6 Å². The van der Waals surface area contributed by atoms with Crippen molar-refractivity contribution in [3.05, 3.63) is 46.0 Å². The number of halogens is 2. The fourth-order valence-electron chi connectivity index (χ4n) is 3.20. The number of rotatable bonds is 6. The normalized spacial score (nSPS) is 15.0. The van der Waals surface area contributed by atoms with Crippen LogP contribution < -0.4 is 15.4 Å². The zero-order valence-electron chi connectivity index (χ0n) is 16.0. The second-order valence-corrected chi connectivity index (χ2v) is 8.15. The Bertz CT molecular complexity index is 871. The lowest BCUT2D eigenvalue weighted by Crippen LogP contribution is -2.41. The van der Waals surface area contributed by atoms with Gasteiger partial charge in [0.15, 0.2) is 0 Å². The van der Waals surface area contributed by atoms with E-state index in [9.17, 15) is 9.59 Å². The Morgan fingerprint density at radius 3 is 2.66 bits per heavy atom. The van der Waals surface area contributed by atoms with Crippen LogP contribution in [0, 0.1) is 5.92 Å². The van der Waals surface area contributed by atoms with Crippen molar-refractivity contribution in [2.75, 3.05) is 37.4 Å². The lowest BCUT2D eigenvalue weighted by atomic mass is 9.96. The number of nitrogens with one attached hydrogen (secondary N) is 2. The molecule has 0 saturated carbocycles. The average Bonchev–Trinajstić information content (AvgIpc) is 2.70. The van der Waals surface area contributed by atoms with E-state index in [1.165, 1.54) is 0 Å². The van der Waals surface area contributed by atoms with Gasteiger partial charge < -0.3 is 15.4 Å². The summed E-state index contributed by atoms with van der Waals surface area (Å²) in [6, 6.07) is 8.66. The molecule has 29 heavy (non-hydrogen) atoms. The number of aromatic nitrogens is 1. The van der Waals surface area contributed by atoms with Crippen LogP contribution >= 0.6 is 27.5 Å². The zero-order valence-corrected chi connectivity index (χ0v) is 18.3. The van der Waals surface area contributed by atoms with Gasteiger partial charge in [-0.1, -0.05) is 11.6 Å². The van der Waals surface area contributed by atoms with E-state index in [-0.39, 0.29) is 24.3 Å². The molecule has 1 aliphatic rings. The van der Waals surface area contributed by atoms with E-state index in [1.54, 1.807) is 37.6 Å². The van der Waals surface area contributed by atoms with E-state index >= 15 is 0 Å². The standard InChI is InChI=1S/C20H22BrClN4O3/c1-29-17-4-3-15(22)10-16(17)24-19(27)12-26-8-6-13(7-9-26)20(28)25-18-5-2-14(21)11-23-18/h2-5,10-11,13H,6-9,12H2,1H3,(H,24,27)(H,23,25,28). The first kappa shape index (κ1) is 21.5. The number of hydrogen-bond acceptors (Lipinski definition) is 5. The van der Waals surface area contributed by atoms with Gasteiger partial charge in [-0.25, -0.2) is 4.98 Å². The number of amides is 2. The third kappa shape index (κ3) is 6.16. The van der Waals surface area contributed by atoms with Crippen LogP contribution in [0.2, 0.25) is 5.02 Å². The summed E-state index contributed by atoms with van der Waals surface area (Å²) in [4.78, 5) is 31.0. The summed E-state index contributed by atoms with van der Waals surface area (Å²) in [5.41, 5.74) is 0.543. The molecule has 1 aromatic heterocycles. The third-order valence-corrected chi connectivity index (χ3v) is 5.44. The smallest absolute Gasteiger partial charge is 0.238 e. The first-order chi connectivity index (χ1) is 13.9. The van der Waals surface area contributed by atoms with Gasteiger partial charge in [0.25, 0.3) is 0 Å². The lowest BCUT2D eigenvalue weighted by molar-refractivity contribution is -0.121. The minimum absolute atomic E-state index is 0.0346. The minimum atomic E-state index is -0.146. The number of anilines is 2. The number of hydrogen-bond donors (Lipinski definition) is 2. The molecule has 0 bridgehead atoms. The molecule has 9 heteroatoms. The van der Waals surface area contributed by atoms with Crippen molar-refractivity contribution in [3.8, 4) is 5.75 Å². The van der Waals surface area contributed by atoms with Crippen molar-refractivity contribution in [2.24, 2.45) is 5.92 Å². The average molecular weight is 482 g/mol. The highest BCUT2D eigenvalue weighted by Gasteiger charge is 2.26. The van der Waals surface area contributed by atoms with E-state index in [0.717, 1.165) is 4.47 Å². The maximum absolute atomic E-state index is 12.4. The Labute approximate surface area is 182 Å². The van der Waals surface area contributed by atoms with Crippen molar-refractivity contribution < 1.29 is 14.3 Å². The van der Waals surface area contributed by atoms with Gasteiger partial charge in [0.05, 0.1) is 19.3 Å². The summed E-state index contributed by atoms with van der Waals surface area (Å²) in [5.74, 6) is 0.822. The molecule has 1 aliphatic heterocycles. The number of methoxy groups -OCH3 is 1. The van der Waals surface area contributed by atoms with E-state index in [1.807, 2.05) is 11.0 Å². The number of carbonyl (C=O) groups excluding carboxylic acids is 2. The molecular formula is C20H22BrClN4O3. The zero-order chi connectivity index (χ0) is 20.8. The van der Waals surface area contributed by atoms with Gasteiger partial charge in [0.2, 0.25) is 11.8 Å². The highest BCUT2D eigenvalue weighted by molar-refractivity contribution is 9.10. The van der Waals surface area contributed by atoms with Crippen molar-refractivity contribution in [1.82, 2.24) is 9.88 Å². The van der Waals surface area contributed by atoms with Gasteiger partial charge >= 0.3 is 0 Å². The molecule has 1 saturated heterocycles. The number of ether oxygens (including phenoxy) is 1. The summed E-state index contributed by atoms with van der Waals surface area (Å²) >= 11 is 9.32. The molecule has 2 amide bonds. The van der Waals surface area contributed by atoms with Gasteiger partial charge in [-0.15, -0.1) is 0 Å². The Kier molecular flexibility index (Phi) is 7.46. The maximum atomic E-state index is 12.4. The van der Waals surface area contributed by atoms with Gasteiger partial charge in [-0.2, -0.15) is 0 Å². The van der Waals surface area contributed by atoms with Crippen LogP contribution in [0.1, 0.15) is 12.8 Å². The van der Waals surface area contributed by atoms with E-state index in [4.69, 9.17) is 16.3 Å². The van der Waals surface area contributed by atoms with Crippen LogP contribution in [0.3, 0.4) is 0 Å². The van der Waals surface area contributed by atoms with Crippen LogP contribution in [-0.4, -0.2) is 48.4 Å². The maximum Gasteiger partial charge on any atom is 0.238 e. The highest BCUT2D eigenvalue weighted by atomic mass is 79.9. The molecule has 0 radical (unpaired) electrons. The van der Waals surface area contributed by atoms with Crippen LogP contribution in [-0.2, 0) is 9.59 Å². The van der Waals surface area contributed by atoms with Crippen LogP contribution in [0.4, 0.5) is 11.5 Å². The molecule has 7 nitrogen and oxygen atoms in total. The number of likely N-dealkylation sites (tertiary alicyclic amines) is 1. The fourth-order valence-corrected chi connectivity index (χ4v) is 3.61. The molecular weight excluding hydrogens is 460 g/mol. The topological polar surface area (TPSA) is 83.6 Å². The summed E-state index contributed by atoms with van der Waals surface area (Å²) in [5, 5.41) is 6.21. The monoisotopic (exact) mass is 480 g/mol. The second-order valence-electron chi connectivity index (χ2n) is 6.79. The van der Waals surface area contributed by atoms with Crippen LogP contribution in [0.25, 0.3) is 0 Å². The van der Waals surface area contributed by atoms with Gasteiger partial charge in [-0.3, -0.25) is 14.5 Å². The Morgan fingerprint density at radius 2 is 2.00 bits per heavy atom. The summed E-state index contributed by atoms with van der Waals surface area (Å²) in [6.07, 6.45) is 3.03. The summed E-state index contributed by atoms with van der Waals surface area (Å²) in [7, 11) is 1.54. The Morgan fingerprint density at radius 1 is 1.24 bits per heavy atom. The molecule has 2 aromatic rings. The molecule has 1 fully saturated rings. The second kappa shape index (κ2) is 10.0. The van der Waals surface area contributed by atoms with Crippen molar-refractivity contribution in [2.45, 2.75) is 12.8 Å². The van der Waals surface area contributed by atoms with E-state index in [2.05, 4.69) is 31.5 Å². The lowest BCUT2D eigenvalue weighted by Gasteiger charge is -2.30. The van der Waals surface area contributed by atoms with Gasteiger partial charge in [0, 0.05) is 21.6 Å². The van der Waals surface area contributed by atoms with Crippen molar-refractivity contribution in [3.63, 3.8) is 0 Å². The largest absolute Gasteiger partial charge is 0.495 e. The first-order valence-corrected chi connectivity index (χ1v) is 10.4. The Balaban J connectivity index is 1.47. The number of pyridine rings is 1. The van der Waals surface area contributed by atoms with Crippen LogP contribution in [0.5, 0.6) is 5.75 Å². The number of carbonyl (C=O) groups is 2. The molecule has 0 unspecified atom stereocenters. The number of piperidine rings is 1. The highest BCUT2D eigenvalue weighted by Crippen LogP contribution is 2.27. The summed E-state index contributed by atoms with van der Waals surface area (Å²) < 4.78 is 6.11. The third-order valence-electron chi connectivity index (χ3n) is 4.74. The minimum Gasteiger partial charge on any atom is -0.495 e. The fraction of sp³-hybridized carbons (Fsp3) is 0.350. The molecule has 154 valence electrons. The molecule has 0 aliphatic carbocycles. The molecule has 2 N–H and O–H groups in total. The predicted octanol–water partition coefficient (Wildman–Crippen LogP) is 3.80. The van der Waals surface area contributed by atoms with Crippen molar-refractivity contribution >= 4 is 50.9 Å². The molecule has 1 aromatic carbocycles. The predicted molar refractivity (Wildman–Crippen MR) is 116 cm³/mol. The number of benzene rings is 1. The van der Waals surface area contributed by atoms with Crippen LogP contribution in [0.15, 0.2) is 41.0 Å². The van der Waals surface area contributed by atoms with Gasteiger partial charge in [-0.05, 0) is 72.2 Å². The van der Waals surface area contributed by atoms with Crippen molar-refractivity contribution in [1.29, 1.82) is 0 Å². The van der Waals surface area contributed by atoms with E-state index < -0.39 is 0 Å². The SMILES string of the molecule is COc1ccc(Cl)cc1NC(=O)CN1CCC(C(=O)Nc2ccc(Br)cn2)CC1. The number of nitrogens with zero attached hydrogens (tertiary/aromatic N) is 2. The summed E-state index contributed by atoms with van der Waals surface area (Å²) in [6.45, 7) is 1.59. The first-order valence-electron chi connectivity index (χ1n) is 9.23. The Hall–Kier alpha value is -2.16. The quantitative estimate of drug-likeness (QED) is 0.656.